The number of para-hydroxylation sites is 3. The van der Waals surface area contributed by atoms with Crippen LogP contribution < -0.4 is 9.80 Å². The summed E-state index contributed by atoms with van der Waals surface area (Å²) in [6, 6.07) is 57.2. The molecule has 2 aromatic heterocycles. The summed E-state index contributed by atoms with van der Waals surface area (Å²) in [4.78, 5) is 9.99. The predicted octanol–water partition coefficient (Wildman–Crippen LogP) is 16.5. The van der Waals surface area contributed by atoms with Gasteiger partial charge >= 0.3 is 0 Å². The van der Waals surface area contributed by atoms with Crippen LogP contribution in [0.5, 0.6) is 0 Å². The standard InChI is InChI=1S/C63H49N3O2/c1-4-20-40(2)39-64-41(3)65(45-33-36-54-50(37-45)46-27-14-17-30-53(46)66(54)44-25-12-7-13-26-44)55-38-52-60(62-58(55)49-29-16-19-32-57(49)68-62)59-51(35-34-48-47-28-15-18-31-56(47)67-61(48)59)63(52,42-21-8-5-9-22-42)43-23-10-6-11-24-43/h5-17,19-30,32-36,38-39,50H,3-4,18,31,37H2,1-2H3/b40-20-,64-39-. The van der Waals surface area contributed by atoms with Crippen LogP contribution in [0.3, 0.4) is 0 Å². The second kappa shape index (κ2) is 15.7. The van der Waals surface area contributed by atoms with Gasteiger partial charge in [-0.25, -0.2) is 4.99 Å². The number of aliphatic imine (C=N–C) groups is 1. The first-order valence-corrected chi connectivity index (χ1v) is 23.9. The Bertz CT molecular complexity index is 3640. The fourth-order valence-electron chi connectivity index (χ4n) is 11.9. The van der Waals surface area contributed by atoms with Crippen molar-refractivity contribution >= 4 is 62.3 Å². The summed E-state index contributed by atoms with van der Waals surface area (Å²) in [5.41, 5.74) is 17.8. The van der Waals surface area contributed by atoms with E-state index in [2.05, 4.69) is 212 Å². The van der Waals surface area contributed by atoms with Gasteiger partial charge in [-0.05, 0) is 95.6 Å². The monoisotopic (exact) mass is 879 g/mol. The zero-order valence-corrected chi connectivity index (χ0v) is 38.2. The van der Waals surface area contributed by atoms with Crippen LogP contribution in [-0.2, 0) is 11.8 Å². The van der Waals surface area contributed by atoms with E-state index >= 15 is 0 Å². The summed E-state index contributed by atoms with van der Waals surface area (Å²) in [6.07, 6.45) is 16.8. The molecule has 0 saturated heterocycles. The van der Waals surface area contributed by atoms with Gasteiger partial charge in [-0.15, -0.1) is 0 Å². The SMILES string of the molecule is C=C(/N=C\C(C)=C/CC)N(C1=CC=C2C(C1)c1ccccc1N2c1ccccc1)c1cc2c(c3oc4ccccc4c13)-c1c(ccc3c4c(oc13)CCC=C4)C2(c1ccccc1)c1ccccc1. The number of furan rings is 2. The average Bonchev–Trinajstić information content (AvgIpc) is 4.14. The van der Waals surface area contributed by atoms with Gasteiger partial charge in [0.15, 0.2) is 0 Å². The van der Waals surface area contributed by atoms with Crippen molar-refractivity contribution in [1.82, 2.24) is 0 Å². The number of hydrogen-bond acceptors (Lipinski definition) is 5. The molecule has 3 heterocycles. The van der Waals surface area contributed by atoms with Gasteiger partial charge in [-0.1, -0.05) is 159 Å². The van der Waals surface area contributed by atoms with E-state index in [1.54, 1.807) is 0 Å². The minimum atomic E-state index is -0.752. The Kier molecular flexibility index (Phi) is 9.30. The molecule has 5 nitrogen and oxygen atoms in total. The highest BCUT2D eigenvalue weighted by Gasteiger charge is 2.50. The van der Waals surface area contributed by atoms with Crippen molar-refractivity contribution in [3.05, 3.63) is 251 Å². The number of rotatable bonds is 9. The minimum absolute atomic E-state index is 0.0997. The molecule has 0 saturated carbocycles. The number of allylic oxidation sites excluding steroid dienone is 7. The van der Waals surface area contributed by atoms with Crippen LogP contribution in [0.1, 0.15) is 78.2 Å². The lowest BCUT2D eigenvalue weighted by Gasteiger charge is -2.36. The van der Waals surface area contributed by atoms with Crippen molar-refractivity contribution in [1.29, 1.82) is 0 Å². The number of hydrogen-bond donors (Lipinski definition) is 0. The maximum atomic E-state index is 7.34. The molecule has 4 aliphatic rings. The molecular weight excluding hydrogens is 831 g/mol. The molecule has 0 amide bonds. The van der Waals surface area contributed by atoms with Gasteiger partial charge in [-0.3, -0.25) is 4.90 Å². The Balaban J connectivity index is 1.14. The van der Waals surface area contributed by atoms with Gasteiger partial charge in [0.2, 0.25) is 0 Å². The Morgan fingerprint density at radius 3 is 2.25 bits per heavy atom. The van der Waals surface area contributed by atoms with Crippen molar-refractivity contribution in [3.63, 3.8) is 0 Å². The van der Waals surface area contributed by atoms with E-state index in [4.69, 9.17) is 20.4 Å². The second-order valence-corrected chi connectivity index (χ2v) is 18.4. The molecule has 1 aliphatic heterocycles. The number of aryl methyl sites for hydroxylation is 1. The zero-order chi connectivity index (χ0) is 45.5. The van der Waals surface area contributed by atoms with Crippen LogP contribution in [0.25, 0.3) is 50.1 Å². The first-order valence-electron chi connectivity index (χ1n) is 23.9. The lowest BCUT2D eigenvalue weighted by atomic mass is 9.67. The van der Waals surface area contributed by atoms with E-state index in [0.717, 1.165) is 104 Å². The van der Waals surface area contributed by atoms with Crippen molar-refractivity contribution in [3.8, 4) is 11.1 Å². The Hall–Kier alpha value is -8.15. The molecule has 13 rings (SSSR count). The predicted molar refractivity (Wildman–Crippen MR) is 281 cm³/mol. The zero-order valence-electron chi connectivity index (χ0n) is 38.2. The van der Waals surface area contributed by atoms with Crippen LogP contribution in [0, 0.1) is 0 Å². The highest BCUT2D eigenvalue weighted by molar-refractivity contribution is 6.21. The highest BCUT2D eigenvalue weighted by atomic mass is 16.3. The smallest absolute Gasteiger partial charge is 0.145 e. The normalized spacial score (nSPS) is 16.7. The first kappa shape index (κ1) is 40.2. The minimum Gasteiger partial charge on any atom is -0.460 e. The van der Waals surface area contributed by atoms with Crippen LogP contribution in [0.2, 0.25) is 0 Å². The van der Waals surface area contributed by atoms with E-state index in [-0.39, 0.29) is 5.92 Å². The van der Waals surface area contributed by atoms with Crippen LogP contribution in [-0.4, -0.2) is 6.21 Å². The summed E-state index contributed by atoms with van der Waals surface area (Å²) in [5.74, 6) is 1.77. The highest BCUT2D eigenvalue weighted by Crippen LogP contribution is 2.63. The van der Waals surface area contributed by atoms with Crippen LogP contribution >= 0.6 is 0 Å². The molecule has 68 heavy (non-hydrogen) atoms. The Morgan fingerprint density at radius 1 is 0.765 bits per heavy atom. The lowest BCUT2D eigenvalue weighted by molar-refractivity contribution is 0.546. The molecule has 9 aromatic rings. The van der Waals surface area contributed by atoms with Gasteiger partial charge in [0.1, 0.15) is 28.3 Å². The van der Waals surface area contributed by atoms with E-state index in [1.165, 1.54) is 39.2 Å². The maximum absolute atomic E-state index is 7.34. The third kappa shape index (κ3) is 5.85. The van der Waals surface area contributed by atoms with Crippen molar-refractivity contribution in [2.45, 2.75) is 50.9 Å². The molecule has 3 aliphatic carbocycles. The van der Waals surface area contributed by atoms with E-state index in [1.807, 2.05) is 6.21 Å². The summed E-state index contributed by atoms with van der Waals surface area (Å²) in [7, 11) is 0. The van der Waals surface area contributed by atoms with E-state index < -0.39 is 5.41 Å². The van der Waals surface area contributed by atoms with Crippen LogP contribution in [0.4, 0.5) is 17.1 Å². The molecule has 0 spiro atoms. The quantitative estimate of drug-likeness (QED) is 0.136. The molecule has 328 valence electrons. The van der Waals surface area contributed by atoms with Crippen molar-refractivity contribution in [2.75, 3.05) is 9.80 Å². The fourth-order valence-corrected chi connectivity index (χ4v) is 11.9. The Morgan fingerprint density at radius 2 is 1.47 bits per heavy atom. The number of fused-ring (bicyclic) bond motifs is 14. The summed E-state index contributed by atoms with van der Waals surface area (Å²) < 4.78 is 14.4. The molecule has 1 atom stereocenters. The molecular formula is C63H49N3O2. The molecule has 0 fully saturated rings. The van der Waals surface area contributed by atoms with Gasteiger partial charge < -0.3 is 13.7 Å². The summed E-state index contributed by atoms with van der Waals surface area (Å²) in [5, 5.41) is 3.17. The largest absolute Gasteiger partial charge is 0.460 e. The van der Waals surface area contributed by atoms with Gasteiger partial charge in [0, 0.05) is 75.2 Å². The molecule has 5 heteroatoms. The van der Waals surface area contributed by atoms with Crippen molar-refractivity contribution < 1.29 is 8.83 Å². The Labute approximate surface area is 396 Å². The van der Waals surface area contributed by atoms with Crippen molar-refractivity contribution in [2.24, 2.45) is 4.99 Å². The molecule has 1 unspecified atom stereocenters. The van der Waals surface area contributed by atoms with Gasteiger partial charge in [0.25, 0.3) is 0 Å². The summed E-state index contributed by atoms with van der Waals surface area (Å²) >= 11 is 0. The number of benzene rings is 7. The average molecular weight is 880 g/mol. The lowest BCUT2D eigenvalue weighted by Crippen LogP contribution is -2.29. The number of nitrogens with zero attached hydrogens (tertiary/aromatic N) is 3. The fraction of sp³-hybridized carbons (Fsp3) is 0.127. The molecule has 0 radical (unpaired) electrons. The second-order valence-electron chi connectivity index (χ2n) is 18.4. The van der Waals surface area contributed by atoms with Crippen LogP contribution in [0.15, 0.2) is 225 Å². The number of anilines is 3. The molecule has 0 N–H and O–H groups in total. The van der Waals surface area contributed by atoms with Gasteiger partial charge in [0.05, 0.1) is 16.5 Å². The molecule has 7 aromatic carbocycles. The third-order valence-corrected chi connectivity index (χ3v) is 14.7. The first-order chi connectivity index (χ1) is 33.5. The third-order valence-electron chi connectivity index (χ3n) is 14.7. The topological polar surface area (TPSA) is 45.1 Å². The van der Waals surface area contributed by atoms with Gasteiger partial charge in [-0.2, -0.15) is 0 Å². The van der Waals surface area contributed by atoms with E-state index in [9.17, 15) is 0 Å². The molecule has 0 bridgehead atoms. The summed E-state index contributed by atoms with van der Waals surface area (Å²) in [6.45, 7) is 9.11. The van der Waals surface area contributed by atoms with E-state index in [0.29, 0.717) is 5.82 Å². The maximum Gasteiger partial charge on any atom is 0.145 e.